The van der Waals surface area contributed by atoms with Crippen LogP contribution in [0.3, 0.4) is 0 Å². The first-order valence-electron chi connectivity index (χ1n) is 6.78. The van der Waals surface area contributed by atoms with Crippen molar-refractivity contribution in [2.24, 2.45) is 0 Å². The number of pyridine rings is 1. The Bertz CT molecular complexity index is 638. The molecular weight excluding hydrogens is 359 g/mol. The van der Waals surface area contributed by atoms with Gasteiger partial charge in [-0.1, -0.05) is 29.3 Å². The molecule has 0 saturated carbocycles. The van der Waals surface area contributed by atoms with Crippen molar-refractivity contribution in [2.45, 2.75) is 6.42 Å². The second-order valence-corrected chi connectivity index (χ2v) is 5.57. The van der Waals surface area contributed by atoms with Gasteiger partial charge in [0.15, 0.2) is 6.61 Å². The molecule has 4 nitrogen and oxygen atoms in total. The van der Waals surface area contributed by atoms with Crippen LogP contribution >= 0.6 is 35.6 Å². The number of ether oxygens (including phenoxy) is 1. The summed E-state index contributed by atoms with van der Waals surface area (Å²) in [7, 11) is 1.74. The fourth-order valence-corrected chi connectivity index (χ4v) is 2.06. The highest BCUT2D eigenvalue weighted by Gasteiger charge is 2.10. The van der Waals surface area contributed by atoms with Gasteiger partial charge in [-0.15, -0.1) is 12.4 Å². The maximum absolute atomic E-state index is 12.0. The number of halogens is 3. The van der Waals surface area contributed by atoms with E-state index in [-0.39, 0.29) is 24.9 Å². The number of hydrogen-bond donors (Lipinski definition) is 0. The Labute approximate surface area is 151 Å². The van der Waals surface area contributed by atoms with E-state index in [1.165, 1.54) is 0 Å². The molecule has 0 N–H and O–H groups in total. The smallest absolute Gasteiger partial charge is 0.260 e. The van der Waals surface area contributed by atoms with Crippen molar-refractivity contribution in [3.8, 4) is 5.75 Å². The van der Waals surface area contributed by atoms with Gasteiger partial charge in [0.05, 0.1) is 10.0 Å². The van der Waals surface area contributed by atoms with Gasteiger partial charge in [-0.2, -0.15) is 0 Å². The molecule has 0 spiro atoms. The zero-order valence-electron chi connectivity index (χ0n) is 12.5. The molecule has 0 radical (unpaired) electrons. The summed E-state index contributed by atoms with van der Waals surface area (Å²) in [5.41, 5.74) is 0.951. The lowest BCUT2D eigenvalue weighted by Gasteiger charge is -2.17. The van der Waals surface area contributed by atoms with Gasteiger partial charge in [-0.05, 0) is 24.3 Å². The van der Waals surface area contributed by atoms with Crippen LogP contribution in [0, 0.1) is 0 Å². The highest BCUT2D eigenvalue weighted by molar-refractivity contribution is 6.42. The van der Waals surface area contributed by atoms with Crippen molar-refractivity contribution in [1.82, 2.24) is 9.88 Å². The number of amides is 1. The topological polar surface area (TPSA) is 42.4 Å². The summed E-state index contributed by atoms with van der Waals surface area (Å²) in [6.45, 7) is 0.539. The van der Waals surface area contributed by atoms with Crippen LogP contribution in [0.5, 0.6) is 5.75 Å². The number of carbonyl (C=O) groups excluding carboxylic acids is 1. The lowest BCUT2D eigenvalue weighted by atomic mass is 10.2. The molecule has 7 heteroatoms. The van der Waals surface area contributed by atoms with Gasteiger partial charge < -0.3 is 9.64 Å². The number of rotatable bonds is 6. The SMILES string of the molecule is CN(CCc1ccccn1)C(=O)COc1ccc(Cl)c(Cl)c1.Cl. The second-order valence-electron chi connectivity index (χ2n) is 4.75. The molecule has 1 amide bonds. The van der Waals surface area contributed by atoms with Crippen LogP contribution in [0.25, 0.3) is 0 Å². The highest BCUT2D eigenvalue weighted by atomic mass is 35.5. The van der Waals surface area contributed by atoms with E-state index in [1.807, 2.05) is 18.2 Å². The Morgan fingerprint density at radius 3 is 2.65 bits per heavy atom. The third kappa shape index (κ3) is 6.26. The number of nitrogens with zero attached hydrogens (tertiary/aromatic N) is 2. The molecule has 1 aromatic heterocycles. The zero-order valence-corrected chi connectivity index (χ0v) is 14.9. The minimum atomic E-state index is -0.109. The van der Waals surface area contributed by atoms with E-state index in [2.05, 4.69) is 4.98 Å². The summed E-state index contributed by atoms with van der Waals surface area (Å²) in [5, 5.41) is 0.850. The van der Waals surface area contributed by atoms with E-state index in [9.17, 15) is 4.79 Å². The molecule has 0 saturated heterocycles. The fourth-order valence-electron chi connectivity index (χ4n) is 1.77. The van der Waals surface area contributed by atoms with Crippen molar-refractivity contribution >= 4 is 41.5 Å². The first kappa shape index (κ1) is 19.6. The molecule has 0 aliphatic rings. The molecule has 0 unspecified atom stereocenters. The highest BCUT2D eigenvalue weighted by Crippen LogP contribution is 2.26. The van der Waals surface area contributed by atoms with Crippen molar-refractivity contribution in [3.63, 3.8) is 0 Å². The van der Waals surface area contributed by atoms with E-state index in [4.69, 9.17) is 27.9 Å². The van der Waals surface area contributed by atoms with Crippen molar-refractivity contribution in [2.75, 3.05) is 20.2 Å². The first-order chi connectivity index (χ1) is 10.6. The number of hydrogen-bond acceptors (Lipinski definition) is 3. The number of aromatic nitrogens is 1. The average molecular weight is 376 g/mol. The minimum absolute atomic E-state index is 0. The molecule has 1 heterocycles. The van der Waals surface area contributed by atoms with Gasteiger partial charge in [0.25, 0.3) is 5.91 Å². The largest absolute Gasteiger partial charge is 0.484 e. The minimum Gasteiger partial charge on any atom is -0.484 e. The van der Waals surface area contributed by atoms with E-state index in [0.29, 0.717) is 28.8 Å². The lowest BCUT2D eigenvalue weighted by molar-refractivity contribution is -0.132. The van der Waals surface area contributed by atoms with Crippen LogP contribution in [-0.4, -0.2) is 36.0 Å². The molecule has 124 valence electrons. The zero-order chi connectivity index (χ0) is 15.9. The normalized spacial score (nSPS) is 9.87. The van der Waals surface area contributed by atoms with Crippen LogP contribution in [0.2, 0.25) is 10.0 Å². The Kier molecular flexibility index (Phi) is 8.17. The molecule has 0 atom stereocenters. The van der Waals surface area contributed by atoms with Gasteiger partial charge in [0, 0.05) is 38.0 Å². The van der Waals surface area contributed by atoms with Crippen molar-refractivity contribution in [1.29, 1.82) is 0 Å². The summed E-state index contributed by atoms with van der Waals surface area (Å²) in [6, 6.07) is 10.6. The third-order valence-electron chi connectivity index (χ3n) is 3.11. The number of benzene rings is 1. The van der Waals surface area contributed by atoms with Gasteiger partial charge in [0.1, 0.15) is 5.75 Å². The Morgan fingerprint density at radius 1 is 1.22 bits per heavy atom. The standard InChI is InChI=1S/C16H16Cl2N2O2.ClH/c1-20(9-7-12-4-2-3-8-19-12)16(21)11-22-13-5-6-14(17)15(18)10-13;/h2-6,8,10H,7,9,11H2,1H3;1H. The van der Waals surface area contributed by atoms with Gasteiger partial charge >= 0.3 is 0 Å². The Balaban J connectivity index is 0.00000264. The van der Waals surface area contributed by atoms with Crippen molar-refractivity contribution < 1.29 is 9.53 Å². The van der Waals surface area contributed by atoms with Crippen molar-refractivity contribution in [3.05, 3.63) is 58.3 Å². The molecule has 1 aromatic carbocycles. The predicted octanol–water partition coefficient (Wildman–Crippen LogP) is 3.89. The Morgan fingerprint density at radius 2 is 2.00 bits per heavy atom. The molecule has 23 heavy (non-hydrogen) atoms. The number of likely N-dealkylation sites (N-methyl/N-ethyl adjacent to an activating group) is 1. The Hall–Kier alpha value is -1.49. The van der Waals surface area contributed by atoms with Crippen LogP contribution in [0.15, 0.2) is 42.6 Å². The summed E-state index contributed by atoms with van der Waals surface area (Å²) in [4.78, 5) is 17.9. The molecule has 0 aliphatic carbocycles. The van der Waals surface area contributed by atoms with E-state index in [1.54, 1.807) is 36.3 Å². The fraction of sp³-hybridized carbons (Fsp3) is 0.250. The maximum atomic E-state index is 12.0. The quantitative estimate of drug-likeness (QED) is 0.769. The summed E-state index contributed by atoms with van der Waals surface area (Å²) in [5.74, 6) is 0.405. The van der Waals surface area contributed by atoms with Crippen LogP contribution in [0.1, 0.15) is 5.69 Å². The van der Waals surface area contributed by atoms with E-state index in [0.717, 1.165) is 5.69 Å². The van der Waals surface area contributed by atoms with Gasteiger partial charge in [-0.25, -0.2) is 0 Å². The molecular formula is C16H17Cl3N2O2. The van der Waals surface area contributed by atoms with E-state index < -0.39 is 0 Å². The first-order valence-corrected chi connectivity index (χ1v) is 7.53. The second kappa shape index (κ2) is 9.60. The summed E-state index contributed by atoms with van der Waals surface area (Å²) in [6.07, 6.45) is 2.44. The van der Waals surface area contributed by atoms with Gasteiger partial charge in [0.2, 0.25) is 0 Å². The number of carbonyl (C=O) groups is 1. The van der Waals surface area contributed by atoms with Crippen LogP contribution < -0.4 is 4.74 Å². The van der Waals surface area contributed by atoms with Gasteiger partial charge in [-0.3, -0.25) is 9.78 Å². The molecule has 2 aromatic rings. The van der Waals surface area contributed by atoms with E-state index >= 15 is 0 Å². The van der Waals surface area contributed by atoms with Crippen LogP contribution in [0.4, 0.5) is 0 Å². The average Bonchev–Trinajstić information content (AvgIpc) is 2.54. The molecule has 0 fully saturated rings. The molecule has 0 bridgehead atoms. The maximum Gasteiger partial charge on any atom is 0.260 e. The molecule has 2 rings (SSSR count). The third-order valence-corrected chi connectivity index (χ3v) is 3.85. The lowest BCUT2D eigenvalue weighted by Crippen LogP contribution is -2.33. The predicted molar refractivity (Wildman–Crippen MR) is 94.8 cm³/mol. The van der Waals surface area contributed by atoms with Crippen LogP contribution in [-0.2, 0) is 11.2 Å². The monoisotopic (exact) mass is 374 g/mol. The molecule has 0 aliphatic heterocycles. The summed E-state index contributed by atoms with van der Waals surface area (Å²) < 4.78 is 5.43. The summed E-state index contributed by atoms with van der Waals surface area (Å²) >= 11 is 11.7.